The molecule has 6 heteroatoms. The van der Waals surface area contributed by atoms with Gasteiger partial charge in [0.05, 0.1) is 19.8 Å². The second-order valence-electron chi connectivity index (χ2n) is 5.21. The smallest absolute Gasteiger partial charge is 0.211 e. The van der Waals surface area contributed by atoms with E-state index in [2.05, 4.69) is 0 Å². The maximum absolute atomic E-state index is 12.2. The van der Waals surface area contributed by atoms with Crippen LogP contribution >= 0.6 is 0 Å². The van der Waals surface area contributed by atoms with Gasteiger partial charge in [-0.05, 0) is 19.1 Å². The Balaban J connectivity index is 1.86. The van der Waals surface area contributed by atoms with E-state index in [1.54, 1.807) is 13.0 Å². The van der Waals surface area contributed by atoms with Crippen molar-refractivity contribution in [3.05, 3.63) is 23.5 Å². The van der Waals surface area contributed by atoms with Crippen LogP contribution in [-0.2, 0) is 4.74 Å². The van der Waals surface area contributed by atoms with Crippen LogP contribution in [0.1, 0.15) is 16.1 Å². The van der Waals surface area contributed by atoms with Crippen LogP contribution in [0.25, 0.3) is 11.0 Å². The number of aromatic hydroxyl groups is 2. The van der Waals surface area contributed by atoms with Gasteiger partial charge in [-0.2, -0.15) is 0 Å². The fourth-order valence-electron chi connectivity index (χ4n) is 2.42. The summed E-state index contributed by atoms with van der Waals surface area (Å²) in [5, 5.41) is 20.2. The highest BCUT2D eigenvalue weighted by molar-refractivity contribution is 6.00. The maximum atomic E-state index is 12.2. The fourth-order valence-corrected chi connectivity index (χ4v) is 2.42. The average molecular weight is 291 g/mol. The highest BCUT2D eigenvalue weighted by Gasteiger charge is 2.20. The van der Waals surface area contributed by atoms with Crippen LogP contribution in [0, 0.1) is 6.92 Å². The SMILES string of the molecule is Cc1c(O)cc2cc(C(=O)CN3CCOCC3)oc2c1O. The van der Waals surface area contributed by atoms with Crippen LogP contribution in [-0.4, -0.2) is 53.7 Å². The number of furan rings is 1. The Labute approximate surface area is 121 Å². The molecular weight excluding hydrogens is 274 g/mol. The highest BCUT2D eigenvalue weighted by Crippen LogP contribution is 2.36. The number of ether oxygens (including phenoxy) is 1. The molecule has 0 atom stereocenters. The molecular formula is C15H17NO5. The number of phenols is 2. The maximum Gasteiger partial charge on any atom is 0.211 e. The van der Waals surface area contributed by atoms with Gasteiger partial charge in [-0.1, -0.05) is 0 Å². The Hall–Kier alpha value is -2.05. The minimum Gasteiger partial charge on any atom is -0.508 e. The van der Waals surface area contributed by atoms with Gasteiger partial charge in [-0.3, -0.25) is 9.69 Å². The first-order valence-electron chi connectivity index (χ1n) is 6.84. The molecule has 1 aliphatic rings. The fraction of sp³-hybridized carbons (Fsp3) is 0.400. The van der Waals surface area contributed by atoms with Crippen molar-refractivity contribution in [1.29, 1.82) is 0 Å². The van der Waals surface area contributed by atoms with Crippen LogP contribution < -0.4 is 0 Å². The highest BCUT2D eigenvalue weighted by atomic mass is 16.5. The molecule has 6 nitrogen and oxygen atoms in total. The van der Waals surface area contributed by atoms with E-state index in [-0.39, 0.29) is 35.2 Å². The summed E-state index contributed by atoms with van der Waals surface area (Å²) in [5.41, 5.74) is 0.569. The predicted octanol–water partition coefficient (Wildman–Crippen LogP) is 1.67. The Bertz CT molecular complexity index is 685. The molecule has 2 N–H and O–H groups in total. The summed E-state index contributed by atoms with van der Waals surface area (Å²) in [6.45, 7) is 4.54. The molecule has 0 aliphatic carbocycles. The molecule has 2 aromatic rings. The van der Waals surface area contributed by atoms with Crippen LogP contribution in [0.5, 0.6) is 11.5 Å². The van der Waals surface area contributed by atoms with Gasteiger partial charge in [0.2, 0.25) is 5.78 Å². The van der Waals surface area contributed by atoms with E-state index in [4.69, 9.17) is 9.15 Å². The molecule has 0 amide bonds. The number of fused-ring (bicyclic) bond motifs is 1. The Morgan fingerprint density at radius 2 is 2.00 bits per heavy atom. The van der Waals surface area contributed by atoms with E-state index < -0.39 is 0 Å². The molecule has 0 bridgehead atoms. The quantitative estimate of drug-likeness (QED) is 0.837. The van der Waals surface area contributed by atoms with Crippen molar-refractivity contribution in [1.82, 2.24) is 4.90 Å². The summed E-state index contributed by atoms with van der Waals surface area (Å²) in [6.07, 6.45) is 0. The number of hydrogen-bond donors (Lipinski definition) is 2. The first kappa shape index (κ1) is 13.9. The zero-order valence-corrected chi connectivity index (χ0v) is 11.8. The van der Waals surface area contributed by atoms with Crippen molar-refractivity contribution in [3.8, 4) is 11.5 Å². The number of morpholine rings is 1. The third-order valence-electron chi connectivity index (χ3n) is 3.75. The van der Waals surface area contributed by atoms with Gasteiger partial charge >= 0.3 is 0 Å². The average Bonchev–Trinajstić information content (AvgIpc) is 2.90. The normalized spacial score (nSPS) is 16.4. The molecule has 112 valence electrons. The van der Waals surface area contributed by atoms with E-state index in [1.807, 2.05) is 4.90 Å². The largest absolute Gasteiger partial charge is 0.508 e. The number of carbonyl (C=O) groups excluding carboxylic acids is 1. The van der Waals surface area contributed by atoms with Gasteiger partial charge in [0.1, 0.15) is 5.75 Å². The van der Waals surface area contributed by atoms with E-state index in [1.165, 1.54) is 6.07 Å². The summed E-state index contributed by atoms with van der Waals surface area (Å²) >= 11 is 0. The van der Waals surface area contributed by atoms with E-state index in [0.29, 0.717) is 24.2 Å². The molecule has 21 heavy (non-hydrogen) atoms. The van der Waals surface area contributed by atoms with Crippen molar-refractivity contribution in [2.75, 3.05) is 32.8 Å². The van der Waals surface area contributed by atoms with Gasteiger partial charge in [0.25, 0.3) is 0 Å². The van der Waals surface area contributed by atoms with E-state index in [9.17, 15) is 15.0 Å². The summed E-state index contributed by atoms with van der Waals surface area (Å²) in [6, 6.07) is 3.04. The van der Waals surface area contributed by atoms with Gasteiger partial charge < -0.3 is 19.4 Å². The summed E-state index contributed by atoms with van der Waals surface area (Å²) in [5.74, 6) is -0.107. The van der Waals surface area contributed by atoms with Crippen LogP contribution in [0.15, 0.2) is 16.5 Å². The molecule has 1 aliphatic heterocycles. The summed E-state index contributed by atoms with van der Waals surface area (Å²) in [4.78, 5) is 14.2. The van der Waals surface area contributed by atoms with Crippen molar-refractivity contribution in [2.45, 2.75) is 6.92 Å². The van der Waals surface area contributed by atoms with Crippen LogP contribution in [0.3, 0.4) is 0 Å². The second kappa shape index (κ2) is 5.38. The lowest BCUT2D eigenvalue weighted by Crippen LogP contribution is -2.39. The van der Waals surface area contributed by atoms with Gasteiger partial charge in [-0.25, -0.2) is 0 Å². The molecule has 0 radical (unpaired) electrons. The molecule has 2 heterocycles. The topological polar surface area (TPSA) is 83.1 Å². The second-order valence-corrected chi connectivity index (χ2v) is 5.21. The minimum atomic E-state index is -0.148. The number of ketones is 1. The van der Waals surface area contributed by atoms with Gasteiger partial charge in [-0.15, -0.1) is 0 Å². The van der Waals surface area contributed by atoms with Crippen LogP contribution in [0.4, 0.5) is 0 Å². The van der Waals surface area contributed by atoms with Crippen molar-refractivity contribution in [2.24, 2.45) is 0 Å². The van der Waals surface area contributed by atoms with Crippen LogP contribution in [0.2, 0.25) is 0 Å². The summed E-state index contributed by atoms with van der Waals surface area (Å²) in [7, 11) is 0. The molecule has 1 fully saturated rings. The lowest BCUT2D eigenvalue weighted by Gasteiger charge is -2.25. The number of hydrogen-bond acceptors (Lipinski definition) is 6. The number of rotatable bonds is 3. The number of nitrogens with zero attached hydrogens (tertiary/aromatic N) is 1. The van der Waals surface area contributed by atoms with Gasteiger partial charge in [0.15, 0.2) is 17.1 Å². The molecule has 1 saturated heterocycles. The molecule has 0 spiro atoms. The monoisotopic (exact) mass is 291 g/mol. The van der Waals surface area contributed by atoms with Crippen molar-refractivity contribution in [3.63, 3.8) is 0 Å². The summed E-state index contributed by atoms with van der Waals surface area (Å²) < 4.78 is 10.7. The van der Waals surface area contributed by atoms with E-state index >= 15 is 0 Å². The van der Waals surface area contributed by atoms with Crippen molar-refractivity contribution >= 4 is 16.8 Å². The molecule has 3 rings (SSSR count). The zero-order chi connectivity index (χ0) is 15.0. The van der Waals surface area contributed by atoms with Gasteiger partial charge in [0, 0.05) is 24.0 Å². The Morgan fingerprint density at radius 1 is 1.29 bits per heavy atom. The molecule has 1 aromatic heterocycles. The molecule has 1 aromatic carbocycles. The molecule has 0 saturated carbocycles. The number of benzene rings is 1. The third kappa shape index (κ3) is 2.59. The zero-order valence-electron chi connectivity index (χ0n) is 11.8. The minimum absolute atomic E-state index is 0.0204. The number of carbonyl (C=O) groups is 1. The number of Topliss-reactive ketones (excluding diaryl/α,β-unsaturated/α-hetero) is 1. The van der Waals surface area contributed by atoms with E-state index in [0.717, 1.165) is 13.1 Å². The standard InChI is InChI=1S/C15H17NO5/c1-9-11(17)6-10-7-13(21-15(10)14(9)19)12(18)8-16-2-4-20-5-3-16/h6-7,17,19H,2-5,8H2,1H3. The molecule has 0 unspecified atom stereocenters. The Morgan fingerprint density at radius 3 is 2.71 bits per heavy atom. The first-order chi connectivity index (χ1) is 10.1. The lowest BCUT2D eigenvalue weighted by atomic mass is 10.1. The first-order valence-corrected chi connectivity index (χ1v) is 6.84. The lowest BCUT2D eigenvalue weighted by molar-refractivity contribution is 0.0365. The third-order valence-corrected chi connectivity index (χ3v) is 3.75. The Kier molecular flexibility index (Phi) is 3.57. The number of phenolic OH excluding ortho intramolecular Hbond substituents is 2. The predicted molar refractivity (Wildman–Crippen MR) is 75.9 cm³/mol. The van der Waals surface area contributed by atoms with Crippen molar-refractivity contribution < 1.29 is 24.2 Å².